The van der Waals surface area contributed by atoms with E-state index < -0.39 is 107 Å². The van der Waals surface area contributed by atoms with Gasteiger partial charge in [-0.1, -0.05) is 48.5 Å². The SMILES string of the molecule is C[C@H]1NC(=O)[C@H](CCCCN)NC(=O)CCSCc2cccc(c2)CSC[C@@H](C(N)=O)NC(=O)[C@]2(C)CCCN2C(=O)[C@H](Cc2ccc(O)cc2)NC(=O)c2cccc(c2)CNC(=O)[C@H](Cc2c[nH]c3ccc(F)cc23)NC(=O)[C@@H](Cc2c[nH]c3ccc(F)cc23)NC1=O. The van der Waals surface area contributed by atoms with Crippen LogP contribution in [-0.2, 0) is 75.7 Å². The van der Waals surface area contributed by atoms with Gasteiger partial charge in [0.25, 0.3) is 5.91 Å². The molecule has 9 rings (SSSR count). The number of nitrogens with zero attached hydrogens (tertiary/aromatic N) is 1. The number of carbonyl (C=O) groups excluding carboxylic acids is 9. The van der Waals surface area contributed by atoms with Crippen LogP contribution in [0.1, 0.15) is 96.1 Å². The predicted octanol–water partition coefficient (Wildman–Crippen LogP) is 5.09. The maximum Gasteiger partial charge on any atom is 0.251 e. The molecule has 2 aromatic heterocycles. The number of amides is 9. The number of aromatic amines is 2. The molecule has 4 bridgehead atoms. The van der Waals surface area contributed by atoms with Crippen LogP contribution in [0.4, 0.5) is 8.78 Å². The van der Waals surface area contributed by atoms with E-state index in [2.05, 4.69) is 47.2 Å². The van der Waals surface area contributed by atoms with Gasteiger partial charge in [0.15, 0.2) is 0 Å². The fourth-order valence-corrected chi connectivity index (χ4v) is 13.5. The largest absolute Gasteiger partial charge is 0.508 e. The molecule has 0 spiro atoms. The number of phenolic OH excluding ortho intramolecular Hbond substituents is 1. The number of nitrogens with one attached hydrogen (secondary N) is 9. The Kier molecular flexibility index (Phi) is 23.5. The number of thioether (sulfide) groups is 2. The number of primary amides is 1. The van der Waals surface area contributed by atoms with Crippen molar-refractivity contribution in [1.82, 2.24) is 52.1 Å². The van der Waals surface area contributed by atoms with Gasteiger partial charge in [0, 0.05) is 102 Å². The van der Waals surface area contributed by atoms with Crippen LogP contribution in [0.25, 0.3) is 21.8 Å². The maximum atomic E-state index is 15.0. The van der Waals surface area contributed by atoms with E-state index in [0.717, 1.165) is 11.1 Å². The van der Waals surface area contributed by atoms with E-state index in [1.807, 2.05) is 24.3 Å². The molecule has 0 radical (unpaired) electrons. The van der Waals surface area contributed by atoms with Crippen molar-refractivity contribution in [3.8, 4) is 5.75 Å². The number of fused-ring (bicyclic) bond motifs is 7. The van der Waals surface area contributed by atoms with Crippen molar-refractivity contribution in [3.63, 3.8) is 0 Å². The van der Waals surface area contributed by atoms with Crippen LogP contribution in [0.3, 0.4) is 0 Å². The zero-order chi connectivity index (χ0) is 67.1. The Morgan fingerprint density at radius 2 is 1.28 bits per heavy atom. The maximum absolute atomic E-state index is 15.0. The van der Waals surface area contributed by atoms with Crippen LogP contribution in [0, 0.1) is 11.6 Å². The fourth-order valence-electron chi connectivity index (χ4n) is 11.6. The van der Waals surface area contributed by atoms with E-state index in [-0.39, 0.29) is 68.7 Å². The van der Waals surface area contributed by atoms with Crippen LogP contribution in [0.15, 0.2) is 122 Å². The third-order valence-electron chi connectivity index (χ3n) is 16.9. The molecular weight excluding hydrogens is 1250 g/mol. The van der Waals surface area contributed by atoms with E-state index >= 15 is 0 Å². The number of carbonyl (C=O) groups is 9. The summed E-state index contributed by atoms with van der Waals surface area (Å²) in [6.07, 6.45) is 4.56. The summed E-state index contributed by atoms with van der Waals surface area (Å²) in [4.78, 5) is 136. The Bertz CT molecular complexity index is 3920. The molecule has 26 heteroatoms. The lowest BCUT2D eigenvalue weighted by Gasteiger charge is -2.37. The number of H-pyrrole nitrogens is 2. The summed E-state index contributed by atoms with van der Waals surface area (Å²) in [6, 6.07) is 20.6. The van der Waals surface area contributed by atoms with Gasteiger partial charge < -0.3 is 68.7 Å². The summed E-state index contributed by atoms with van der Waals surface area (Å²) in [5.74, 6) is -5.79. The first-order chi connectivity index (χ1) is 45.1. The summed E-state index contributed by atoms with van der Waals surface area (Å²) >= 11 is 2.87. The molecule has 0 unspecified atom stereocenters. The molecule has 9 amide bonds. The van der Waals surface area contributed by atoms with E-state index in [1.165, 1.54) is 96.0 Å². The van der Waals surface area contributed by atoms with Gasteiger partial charge in [0.05, 0.1) is 0 Å². The quantitative estimate of drug-likeness (QED) is 0.0753. The van der Waals surface area contributed by atoms with Crippen LogP contribution in [0.2, 0.25) is 0 Å². The highest BCUT2D eigenvalue weighted by molar-refractivity contribution is 7.98. The lowest BCUT2D eigenvalue weighted by Crippen LogP contribution is -2.62. The number of benzene rings is 5. The molecule has 496 valence electrons. The van der Waals surface area contributed by atoms with Crippen molar-refractivity contribution in [3.05, 3.63) is 172 Å². The lowest BCUT2D eigenvalue weighted by atomic mass is 9.95. The van der Waals surface area contributed by atoms with Gasteiger partial charge in [0.2, 0.25) is 47.3 Å². The standard InChI is InChI=1S/C68H78F2N12O10S2/c1-39-61(86)78-56(30-46-35-74-53-20-16-48(70)32-51(46)53)65(90)79-55(29-45-34-73-52-19-15-47(69)31-50(45)52)63(88)75-33-41-8-6-11-44(27-41)62(87)80-57(28-40-13-17-49(83)18-14-40)66(91)82-24-7-22-68(82,2)67(92)81-58(60(72)85)38-94-37-43-10-5-9-42(26-43)36-93-25-21-59(84)77-54(64(89)76-39)12-3-4-23-71/h5-6,8-11,13-20,26-27,31-32,34-35,39,54-58,73-74,83H,3-4,7,12,21-25,28-30,33,36-38,71H2,1-2H3,(H2,72,85)(H,75,88)(H,76,89)(H,77,84)(H,78,86)(H,79,90)(H,80,87)(H,81,92)/t39-,54+,55+,56-,57+,58+,68+/m1/s1. The second-order valence-corrected chi connectivity index (χ2v) is 26.1. The topological polar surface area (TPSA) is 345 Å². The Balaban J connectivity index is 1.02. The van der Waals surface area contributed by atoms with Gasteiger partial charge in [-0.05, 0) is 147 Å². The lowest BCUT2D eigenvalue weighted by molar-refractivity contribution is -0.146. The molecule has 22 nitrogen and oxygen atoms in total. The smallest absolute Gasteiger partial charge is 0.251 e. The van der Waals surface area contributed by atoms with Gasteiger partial charge in [-0.3, -0.25) is 43.2 Å². The molecule has 4 heterocycles. The number of aromatic hydroxyl groups is 1. The first kappa shape index (κ1) is 69.1. The number of phenols is 1. The van der Waals surface area contributed by atoms with Crippen LogP contribution in [0.5, 0.6) is 5.75 Å². The molecule has 7 atom stereocenters. The normalized spacial score (nSPS) is 22.4. The first-order valence-corrected chi connectivity index (χ1v) is 33.5. The minimum absolute atomic E-state index is 0.0242. The van der Waals surface area contributed by atoms with Crippen LogP contribution < -0.4 is 48.7 Å². The Morgan fingerprint density at radius 1 is 0.660 bits per heavy atom. The molecular formula is C68H78F2N12O10S2. The number of hydrogen-bond acceptors (Lipinski definition) is 13. The average Bonchev–Trinajstić information content (AvgIpc) is 1.60. The minimum atomic E-state index is -1.48. The van der Waals surface area contributed by atoms with Crippen molar-refractivity contribution >= 4 is 98.5 Å². The minimum Gasteiger partial charge on any atom is -0.508 e. The Labute approximate surface area is 550 Å². The third kappa shape index (κ3) is 18.1. The van der Waals surface area contributed by atoms with Gasteiger partial charge in [0.1, 0.15) is 59.2 Å². The predicted molar refractivity (Wildman–Crippen MR) is 355 cm³/mol. The molecule has 1 saturated heterocycles. The third-order valence-corrected chi connectivity index (χ3v) is 19.0. The van der Waals surface area contributed by atoms with Gasteiger partial charge in [-0.15, -0.1) is 0 Å². The second kappa shape index (κ2) is 32.0. The van der Waals surface area contributed by atoms with Crippen molar-refractivity contribution in [2.75, 3.05) is 24.6 Å². The highest BCUT2D eigenvalue weighted by atomic mass is 32.2. The number of rotatable bonds is 11. The van der Waals surface area contributed by atoms with Crippen LogP contribution in [-0.4, -0.2) is 140 Å². The van der Waals surface area contributed by atoms with E-state index in [4.69, 9.17) is 11.5 Å². The van der Waals surface area contributed by atoms with Crippen molar-refractivity contribution in [2.45, 2.75) is 131 Å². The summed E-state index contributed by atoms with van der Waals surface area (Å²) in [5.41, 5.74) is 15.1. The molecule has 94 heavy (non-hydrogen) atoms. The average molecular weight is 1330 g/mol. The summed E-state index contributed by atoms with van der Waals surface area (Å²) < 4.78 is 29.6. The van der Waals surface area contributed by atoms with Gasteiger partial charge in [-0.25, -0.2) is 8.78 Å². The molecule has 0 saturated carbocycles. The highest BCUT2D eigenvalue weighted by Gasteiger charge is 2.48. The zero-order valence-electron chi connectivity index (χ0n) is 52.1. The Morgan fingerprint density at radius 3 is 1.94 bits per heavy atom. The van der Waals surface area contributed by atoms with Crippen molar-refractivity contribution in [1.29, 1.82) is 0 Å². The number of unbranched alkanes of at least 4 members (excludes halogenated alkanes) is 1. The van der Waals surface area contributed by atoms with Gasteiger partial charge in [-0.2, -0.15) is 23.5 Å². The fraction of sp³-hybridized carbons (Fsp3) is 0.368. The molecule has 2 aliphatic heterocycles. The summed E-state index contributed by atoms with van der Waals surface area (Å²) in [5, 5.41) is 30.5. The molecule has 1 fully saturated rings. The Hall–Kier alpha value is -9.27. The monoisotopic (exact) mass is 1320 g/mol. The summed E-state index contributed by atoms with van der Waals surface area (Å²) in [7, 11) is 0. The molecule has 14 N–H and O–H groups in total. The summed E-state index contributed by atoms with van der Waals surface area (Å²) in [6.45, 7) is 3.28. The molecule has 2 aliphatic rings. The molecule has 5 aromatic carbocycles. The molecule has 0 aliphatic carbocycles. The van der Waals surface area contributed by atoms with E-state index in [9.17, 15) is 57.0 Å². The number of hydrogen-bond donors (Lipinski definition) is 12. The van der Waals surface area contributed by atoms with Crippen molar-refractivity contribution < 1.29 is 57.0 Å². The van der Waals surface area contributed by atoms with E-state index in [1.54, 1.807) is 43.6 Å². The number of nitrogens with two attached hydrogens (primary N) is 2. The zero-order valence-corrected chi connectivity index (χ0v) is 53.8. The molecule has 7 aromatic rings. The van der Waals surface area contributed by atoms with Crippen molar-refractivity contribution in [2.24, 2.45) is 11.5 Å². The first-order valence-electron chi connectivity index (χ1n) is 31.2. The number of aromatic nitrogens is 2. The van der Waals surface area contributed by atoms with Crippen LogP contribution >= 0.6 is 23.5 Å². The highest BCUT2D eigenvalue weighted by Crippen LogP contribution is 2.32. The van der Waals surface area contributed by atoms with Gasteiger partial charge >= 0.3 is 0 Å². The second-order valence-electron chi connectivity index (χ2n) is 23.9. The van der Waals surface area contributed by atoms with E-state index in [0.29, 0.717) is 87.1 Å². The number of halogens is 2.